The summed E-state index contributed by atoms with van der Waals surface area (Å²) < 4.78 is 0. The number of carboxylic acids is 1. The smallest absolute Gasteiger partial charge is 0.316 e. The third-order valence-electron chi connectivity index (χ3n) is 4.05. The Hall–Kier alpha value is -1.92. The fourth-order valence-electron chi connectivity index (χ4n) is 2.73. The third-order valence-corrected chi connectivity index (χ3v) is 6.33. The molecule has 0 bridgehead atoms. The third kappa shape index (κ3) is 4.19. The molecule has 1 aliphatic heterocycles. The quantitative estimate of drug-likeness (QED) is 0.768. The minimum absolute atomic E-state index is 0.0140. The largest absolute Gasteiger partial charge is 0.480 e. The first-order valence-corrected chi connectivity index (χ1v) is 9.94. The molecule has 1 aliphatic rings. The lowest BCUT2D eigenvalue weighted by atomic mass is 10.0. The summed E-state index contributed by atoms with van der Waals surface area (Å²) in [6, 6.07) is 15.3. The van der Waals surface area contributed by atoms with Crippen LogP contribution < -0.4 is 5.32 Å². The van der Waals surface area contributed by atoms with Crippen LogP contribution in [0.1, 0.15) is 35.3 Å². The molecule has 1 amide bonds. The second-order valence-electron chi connectivity index (χ2n) is 5.80. The summed E-state index contributed by atoms with van der Waals surface area (Å²) in [4.78, 5) is 25.8. The summed E-state index contributed by atoms with van der Waals surface area (Å²) >= 11 is 3.00. The molecule has 3 rings (SSSR count). The number of thioether (sulfide) groups is 2. The van der Waals surface area contributed by atoms with Crippen molar-refractivity contribution in [3.05, 3.63) is 59.7 Å². The molecule has 4 nitrogen and oxygen atoms in total. The van der Waals surface area contributed by atoms with Gasteiger partial charge in [-0.2, -0.15) is 0 Å². The SMILES string of the molecule is CC(Sc1ccccc1C(=O)NC1CCSc2ccccc21)C(=O)O. The van der Waals surface area contributed by atoms with Gasteiger partial charge in [0.25, 0.3) is 5.91 Å². The minimum Gasteiger partial charge on any atom is -0.480 e. The molecule has 0 spiro atoms. The van der Waals surface area contributed by atoms with Gasteiger partial charge < -0.3 is 10.4 Å². The van der Waals surface area contributed by atoms with Gasteiger partial charge in [-0.05, 0) is 37.1 Å². The van der Waals surface area contributed by atoms with Gasteiger partial charge in [-0.25, -0.2) is 0 Å². The van der Waals surface area contributed by atoms with Gasteiger partial charge in [-0.1, -0.05) is 30.3 Å². The Kier molecular flexibility index (Phi) is 5.71. The summed E-state index contributed by atoms with van der Waals surface area (Å²) in [5, 5.41) is 11.6. The van der Waals surface area contributed by atoms with Crippen LogP contribution in [0.25, 0.3) is 0 Å². The van der Waals surface area contributed by atoms with Crippen LogP contribution in [-0.4, -0.2) is 28.0 Å². The number of hydrogen-bond donors (Lipinski definition) is 2. The minimum atomic E-state index is -0.890. The Labute approximate surface area is 155 Å². The summed E-state index contributed by atoms with van der Waals surface area (Å²) in [5.41, 5.74) is 1.67. The topological polar surface area (TPSA) is 66.4 Å². The van der Waals surface area contributed by atoms with E-state index < -0.39 is 11.2 Å². The van der Waals surface area contributed by atoms with Crippen LogP contribution in [-0.2, 0) is 4.79 Å². The van der Waals surface area contributed by atoms with Gasteiger partial charge in [0.2, 0.25) is 0 Å². The molecule has 2 unspecified atom stereocenters. The van der Waals surface area contributed by atoms with E-state index in [1.807, 2.05) is 30.0 Å². The maximum Gasteiger partial charge on any atom is 0.316 e. The zero-order valence-electron chi connectivity index (χ0n) is 13.8. The standard InChI is InChI=1S/C19H19NO3S2/c1-12(19(22)23)25-17-9-5-3-7-14(17)18(21)20-15-10-11-24-16-8-4-2-6-13(15)16/h2-9,12,15H,10-11H2,1H3,(H,20,21)(H,22,23). The van der Waals surface area contributed by atoms with Crippen molar-refractivity contribution < 1.29 is 14.7 Å². The molecule has 25 heavy (non-hydrogen) atoms. The number of nitrogens with one attached hydrogen (secondary N) is 1. The summed E-state index contributed by atoms with van der Waals surface area (Å²) in [5.74, 6) is -0.0835. The molecule has 0 saturated heterocycles. The van der Waals surface area contributed by atoms with Crippen molar-refractivity contribution in [2.24, 2.45) is 0 Å². The molecule has 6 heteroatoms. The van der Waals surface area contributed by atoms with Crippen molar-refractivity contribution in [1.82, 2.24) is 5.32 Å². The summed E-state index contributed by atoms with van der Waals surface area (Å²) in [6.07, 6.45) is 0.883. The molecular formula is C19H19NO3S2. The lowest BCUT2D eigenvalue weighted by Crippen LogP contribution is -2.31. The number of carbonyl (C=O) groups is 2. The van der Waals surface area contributed by atoms with E-state index in [0.717, 1.165) is 17.7 Å². The van der Waals surface area contributed by atoms with E-state index in [4.69, 9.17) is 5.11 Å². The van der Waals surface area contributed by atoms with Gasteiger partial charge in [0, 0.05) is 15.5 Å². The van der Waals surface area contributed by atoms with E-state index in [9.17, 15) is 9.59 Å². The highest BCUT2D eigenvalue weighted by Gasteiger charge is 2.24. The molecule has 130 valence electrons. The number of rotatable bonds is 5. The van der Waals surface area contributed by atoms with Crippen molar-refractivity contribution >= 4 is 35.4 Å². The second-order valence-corrected chi connectivity index (χ2v) is 8.31. The van der Waals surface area contributed by atoms with E-state index in [1.54, 1.807) is 25.1 Å². The predicted octanol–water partition coefficient (Wildman–Crippen LogP) is 4.22. The fourth-order valence-corrected chi connectivity index (χ4v) is 4.78. The first kappa shape index (κ1) is 17.9. The maximum atomic E-state index is 12.8. The fraction of sp³-hybridized carbons (Fsp3) is 0.263. The van der Waals surface area contributed by atoms with Crippen molar-refractivity contribution in [3.8, 4) is 0 Å². The Morgan fingerprint density at radius 1 is 1.20 bits per heavy atom. The lowest BCUT2D eigenvalue weighted by Gasteiger charge is -2.26. The van der Waals surface area contributed by atoms with Gasteiger partial charge in [0.1, 0.15) is 5.25 Å². The van der Waals surface area contributed by atoms with Crippen LogP contribution in [0.15, 0.2) is 58.3 Å². The Morgan fingerprint density at radius 2 is 1.92 bits per heavy atom. The number of aliphatic carboxylic acids is 1. The molecule has 0 aromatic heterocycles. The average molecular weight is 373 g/mol. The van der Waals surface area contributed by atoms with Crippen LogP contribution in [0.2, 0.25) is 0 Å². The number of amides is 1. The molecule has 2 N–H and O–H groups in total. The predicted molar refractivity (Wildman–Crippen MR) is 101 cm³/mol. The normalized spacial score (nSPS) is 17.4. The maximum absolute atomic E-state index is 12.8. The molecule has 2 aromatic rings. The second kappa shape index (κ2) is 7.97. The zero-order valence-corrected chi connectivity index (χ0v) is 15.4. The number of fused-ring (bicyclic) bond motifs is 1. The zero-order chi connectivity index (χ0) is 17.8. The summed E-state index contributed by atoms with van der Waals surface area (Å²) in [6.45, 7) is 1.62. The molecule has 2 atom stereocenters. The molecule has 0 radical (unpaired) electrons. The van der Waals surface area contributed by atoms with Crippen molar-refractivity contribution in [2.45, 2.75) is 34.4 Å². The molecular weight excluding hydrogens is 354 g/mol. The van der Waals surface area contributed by atoms with E-state index in [1.165, 1.54) is 16.7 Å². The van der Waals surface area contributed by atoms with Crippen molar-refractivity contribution in [2.75, 3.05) is 5.75 Å². The van der Waals surface area contributed by atoms with E-state index in [2.05, 4.69) is 17.4 Å². The van der Waals surface area contributed by atoms with E-state index in [0.29, 0.717) is 10.5 Å². The highest BCUT2D eigenvalue weighted by Crippen LogP contribution is 2.36. The summed E-state index contributed by atoms with van der Waals surface area (Å²) in [7, 11) is 0. The van der Waals surface area contributed by atoms with Gasteiger partial charge in [0.05, 0.1) is 11.6 Å². The van der Waals surface area contributed by atoms with E-state index >= 15 is 0 Å². The molecule has 0 saturated carbocycles. The van der Waals surface area contributed by atoms with Crippen LogP contribution in [0.4, 0.5) is 0 Å². The number of carbonyl (C=O) groups excluding carboxylic acids is 1. The van der Waals surface area contributed by atoms with Gasteiger partial charge in [-0.15, -0.1) is 23.5 Å². The van der Waals surface area contributed by atoms with Crippen LogP contribution in [0, 0.1) is 0 Å². The molecule has 1 heterocycles. The first-order chi connectivity index (χ1) is 12.1. The van der Waals surface area contributed by atoms with Crippen molar-refractivity contribution in [3.63, 3.8) is 0 Å². The lowest BCUT2D eigenvalue weighted by molar-refractivity contribution is -0.136. The highest BCUT2D eigenvalue weighted by atomic mass is 32.2. The number of hydrogen-bond acceptors (Lipinski definition) is 4. The number of benzene rings is 2. The van der Waals surface area contributed by atoms with Gasteiger partial charge in [-0.3, -0.25) is 9.59 Å². The molecule has 0 fully saturated rings. The van der Waals surface area contributed by atoms with Crippen LogP contribution in [0.5, 0.6) is 0 Å². The van der Waals surface area contributed by atoms with Crippen LogP contribution >= 0.6 is 23.5 Å². The average Bonchev–Trinajstić information content (AvgIpc) is 2.62. The first-order valence-electron chi connectivity index (χ1n) is 8.07. The number of carboxylic acid groups (broad SMARTS) is 1. The Bertz CT molecular complexity index is 794. The Balaban J connectivity index is 1.80. The monoisotopic (exact) mass is 373 g/mol. The Morgan fingerprint density at radius 3 is 2.72 bits per heavy atom. The van der Waals surface area contributed by atoms with Gasteiger partial charge >= 0.3 is 5.97 Å². The van der Waals surface area contributed by atoms with Crippen LogP contribution in [0.3, 0.4) is 0 Å². The van der Waals surface area contributed by atoms with Crippen molar-refractivity contribution in [1.29, 1.82) is 0 Å². The van der Waals surface area contributed by atoms with Gasteiger partial charge in [0.15, 0.2) is 0 Å². The van der Waals surface area contributed by atoms with E-state index in [-0.39, 0.29) is 11.9 Å². The molecule has 0 aliphatic carbocycles. The molecule has 2 aromatic carbocycles. The highest BCUT2D eigenvalue weighted by molar-refractivity contribution is 8.00.